The zero-order chi connectivity index (χ0) is 37.6. The second kappa shape index (κ2) is 20.2. The summed E-state index contributed by atoms with van der Waals surface area (Å²) in [4.78, 5) is 86.0. The Morgan fingerprint density at radius 1 is 0.882 bits per heavy atom. The molecule has 0 spiro atoms. The van der Waals surface area contributed by atoms with Crippen LogP contribution >= 0.6 is 0 Å². The third-order valence-corrected chi connectivity index (χ3v) is 9.24. The van der Waals surface area contributed by atoms with Gasteiger partial charge in [0, 0.05) is 25.0 Å². The van der Waals surface area contributed by atoms with E-state index >= 15 is 0 Å². The highest BCUT2D eigenvalue weighted by Crippen LogP contribution is 2.42. The molecule has 4 N–H and O–H groups in total. The minimum atomic E-state index is -0.969. The lowest BCUT2D eigenvalue weighted by atomic mass is 9.93. The van der Waals surface area contributed by atoms with Crippen molar-refractivity contribution in [1.82, 2.24) is 36.1 Å². The van der Waals surface area contributed by atoms with Gasteiger partial charge in [-0.05, 0) is 56.3 Å². The molecule has 1 aromatic heterocycles. The van der Waals surface area contributed by atoms with Crippen LogP contribution in [0.5, 0.6) is 0 Å². The van der Waals surface area contributed by atoms with Crippen LogP contribution in [0.1, 0.15) is 136 Å². The van der Waals surface area contributed by atoms with Crippen LogP contribution in [0, 0.1) is 17.3 Å². The van der Waals surface area contributed by atoms with Crippen LogP contribution in [0.4, 0.5) is 0 Å². The van der Waals surface area contributed by atoms with E-state index in [1.165, 1.54) is 68.9 Å². The molecule has 5 rings (SSSR count). The van der Waals surface area contributed by atoms with E-state index in [0.29, 0.717) is 24.8 Å². The molecule has 1 aliphatic heterocycles. The number of carbonyl (C=O) groups excluding carboxylic acids is 6. The fourth-order valence-electron chi connectivity index (χ4n) is 6.66. The standard InChI is InChI=1S/C27H37N7O6.C6H12.C5H12/c1-3-5-19(23(36)26(39)32-17-8-9-17)33-25(38)22-18-7-4-6-16(18)14-34(22)27(40)15(2)31-21(35)13-30-24(37)20-12-28-10-11-29-20;1-2-4-6-5-3-1;1-5(2,3)4/h10-12,15-19,22H,3-9,13-14H2,1-2H3,(H,30,37)(H,31,35)(H,32,39)(H,33,38);1-6H2;1-4H3/t15?,16-,18-,19-,22-;;/m0../s1. The van der Waals surface area contributed by atoms with Gasteiger partial charge in [-0.1, -0.05) is 86.0 Å². The van der Waals surface area contributed by atoms with E-state index in [0.717, 1.165) is 32.1 Å². The molecule has 1 saturated heterocycles. The number of nitrogens with one attached hydrogen (secondary N) is 4. The van der Waals surface area contributed by atoms with Gasteiger partial charge in [-0.2, -0.15) is 0 Å². The molecule has 5 atom stereocenters. The first-order valence-electron chi connectivity index (χ1n) is 19.0. The largest absolute Gasteiger partial charge is 0.347 e. The minimum absolute atomic E-state index is 0.0219. The molecule has 13 nitrogen and oxygen atoms in total. The van der Waals surface area contributed by atoms with Crippen molar-refractivity contribution in [2.24, 2.45) is 17.3 Å². The van der Waals surface area contributed by atoms with Gasteiger partial charge in [0.05, 0.1) is 18.8 Å². The summed E-state index contributed by atoms with van der Waals surface area (Å²) in [7, 11) is 0. The predicted octanol–water partition coefficient (Wildman–Crippen LogP) is 3.86. The molecule has 4 aliphatic rings. The SMILES string of the molecule is C1CCCCC1.CC(C)(C)C.CCC[C@H](NC(=O)[C@@H]1[C@H]2CCC[C@H]2CN1C(=O)C(C)NC(=O)CNC(=O)c1cnccn1)C(=O)C(=O)NC1CC1. The summed E-state index contributed by atoms with van der Waals surface area (Å²) < 4.78 is 0. The zero-order valence-electron chi connectivity index (χ0n) is 31.6. The average Bonchev–Trinajstić information content (AvgIpc) is 3.67. The van der Waals surface area contributed by atoms with Gasteiger partial charge in [0.15, 0.2) is 0 Å². The Balaban J connectivity index is 0.000000547. The zero-order valence-corrected chi connectivity index (χ0v) is 31.6. The highest BCUT2D eigenvalue weighted by molar-refractivity contribution is 6.38. The van der Waals surface area contributed by atoms with E-state index in [9.17, 15) is 28.8 Å². The molecule has 1 aromatic rings. The van der Waals surface area contributed by atoms with Gasteiger partial charge in [0.1, 0.15) is 17.8 Å². The van der Waals surface area contributed by atoms with E-state index < -0.39 is 53.4 Å². The number of nitrogens with zero attached hydrogens (tertiary/aromatic N) is 3. The molecule has 2 heterocycles. The number of amides is 5. The summed E-state index contributed by atoms with van der Waals surface area (Å²) in [5.41, 5.74) is 0.557. The molecule has 0 aromatic carbocycles. The predicted molar refractivity (Wildman–Crippen MR) is 194 cm³/mol. The fourth-order valence-corrected chi connectivity index (χ4v) is 6.66. The van der Waals surface area contributed by atoms with Crippen molar-refractivity contribution in [2.45, 2.75) is 149 Å². The maximum absolute atomic E-state index is 13.6. The molecule has 4 fully saturated rings. The molecule has 1 unspecified atom stereocenters. The summed E-state index contributed by atoms with van der Waals surface area (Å²) in [6.07, 6.45) is 18.2. The Morgan fingerprint density at radius 2 is 1.51 bits per heavy atom. The number of rotatable bonds is 12. The van der Waals surface area contributed by atoms with Crippen molar-refractivity contribution in [3.8, 4) is 0 Å². The summed E-state index contributed by atoms with van der Waals surface area (Å²) in [6, 6.07) is -2.70. The number of carbonyl (C=O) groups is 6. The van der Waals surface area contributed by atoms with Crippen LogP contribution in [0.3, 0.4) is 0 Å². The fraction of sp³-hybridized carbons (Fsp3) is 0.737. The van der Waals surface area contributed by atoms with Gasteiger partial charge in [0.25, 0.3) is 11.8 Å². The van der Waals surface area contributed by atoms with Crippen LogP contribution < -0.4 is 21.3 Å². The summed E-state index contributed by atoms with van der Waals surface area (Å²) in [5, 5.41) is 10.5. The number of hydrogen-bond acceptors (Lipinski definition) is 8. The van der Waals surface area contributed by atoms with Crippen molar-refractivity contribution in [2.75, 3.05) is 13.1 Å². The molecule has 284 valence electrons. The lowest BCUT2D eigenvalue weighted by Crippen LogP contribution is -2.57. The van der Waals surface area contributed by atoms with E-state index in [2.05, 4.69) is 58.9 Å². The topological polar surface area (TPSA) is 180 Å². The van der Waals surface area contributed by atoms with Gasteiger partial charge < -0.3 is 26.2 Å². The van der Waals surface area contributed by atoms with E-state index in [1.807, 2.05) is 6.92 Å². The van der Waals surface area contributed by atoms with Crippen molar-refractivity contribution in [3.63, 3.8) is 0 Å². The Labute approximate surface area is 303 Å². The Hall–Kier alpha value is -3.90. The number of likely N-dealkylation sites (tertiary alicyclic amines) is 1. The van der Waals surface area contributed by atoms with Crippen LogP contribution in [0.2, 0.25) is 0 Å². The summed E-state index contributed by atoms with van der Waals surface area (Å²) in [5.74, 6) is -3.31. The van der Waals surface area contributed by atoms with E-state index in [1.54, 1.807) is 0 Å². The quantitative estimate of drug-likeness (QED) is 0.236. The minimum Gasteiger partial charge on any atom is -0.347 e. The third-order valence-electron chi connectivity index (χ3n) is 9.24. The molecule has 51 heavy (non-hydrogen) atoms. The third kappa shape index (κ3) is 14.3. The normalized spacial score (nSPS) is 22.0. The molecule has 0 bridgehead atoms. The Kier molecular flexibility index (Phi) is 16.5. The van der Waals surface area contributed by atoms with Crippen molar-refractivity contribution >= 4 is 35.3 Å². The van der Waals surface area contributed by atoms with Crippen LogP contribution in [-0.4, -0.2) is 87.4 Å². The molecular formula is C38H61N7O6. The first-order chi connectivity index (χ1) is 24.2. The monoisotopic (exact) mass is 711 g/mol. The smallest absolute Gasteiger partial charge is 0.289 e. The lowest BCUT2D eigenvalue weighted by molar-refractivity contribution is -0.144. The average molecular weight is 712 g/mol. The Morgan fingerprint density at radius 3 is 2.06 bits per heavy atom. The second-order valence-electron chi connectivity index (χ2n) is 15.9. The van der Waals surface area contributed by atoms with Gasteiger partial charge in [-0.25, -0.2) is 4.98 Å². The summed E-state index contributed by atoms with van der Waals surface area (Å²) in [6.45, 7) is 12.1. The van der Waals surface area contributed by atoms with E-state index in [-0.39, 0.29) is 30.1 Å². The highest BCUT2D eigenvalue weighted by atomic mass is 16.2. The number of fused-ring (bicyclic) bond motifs is 1. The van der Waals surface area contributed by atoms with Gasteiger partial charge in [0.2, 0.25) is 23.5 Å². The van der Waals surface area contributed by atoms with Crippen LogP contribution in [-0.2, 0) is 24.0 Å². The molecular weight excluding hydrogens is 650 g/mol. The van der Waals surface area contributed by atoms with Crippen LogP contribution in [0.15, 0.2) is 18.6 Å². The Bertz CT molecular complexity index is 1310. The van der Waals surface area contributed by atoms with Crippen molar-refractivity contribution < 1.29 is 28.8 Å². The molecule has 3 aliphatic carbocycles. The molecule has 3 saturated carbocycles. The van der Waals surface area contributed by atoms with Gasteiger partial charge in [-0.3, -0.25) is 33.8 Å². The molecule has 13 heteroatoms. The van der Waals surface area contributed by atoms with Crippen LogP contribution in [0.25, 0.3) is 0 Å². The maximum atomic E-state index is 13.6. The van der Waals surface area contributed by atoms with E-state index in [4.69, 9.17) is 0 Å². The van der Waals surface area contributed by atoms with Crippen molar-refractivity contribution in [3.05, 3.63) is 24.3 Å². The first kappa shape index (κ1) is 41.5. The van der Waals surface area contributed by atoms with Gasteiger partial charge >= 0.3 is 0 Å². The number of aromatic nitrogens is 2. The highest BCUT2D eigenvalue weighted by Gasteiger charge is 2.50. The summed E-state index contributed by atoms with van der Waals surface area (Å²) >= 11 is 0. The molecule has 5 amide bonds. The van der Waals surface area contributed by atoms with Crippen molar-refractivity contribution in [1.29, 1.82) is 0 Å². The second-order valence-corrected chi connectivity index (χ2v) is 15.9. The molecule has 0 radical (unpaired) electrons. The number of hydrogen-bond donors (Lipinski definition) is 4. The lowest BCUT2D eigenvalue weighted by Gasteiger charge is -2.30. The maximum Gasteiger partial charge on any atom is 0.289 e. The first-order valence-corrected chi connectivity index (χ1v) is 19.0. The number of ketones is 1. The number of Topliss-reactive ketones (excluding diaryl/α,β-unsaturated/α-hetero) is 1. The van der Waals surface area contributed by atoms with Gasteiger partial charge in [-0.15, -0.1) is 0 Å².